The van der Waals surface area contributed by atoms with Crippen molar-refractivity contribution in [1.29, 1.82) is 0 Å². The molecule has 2 aliphatic rings. The molecule has 3 rings (SSSR count). The van der Waals surface area contributed by atoms with E-state index >= 15 is 0 Å². The number of benzene rings is 1. The lowest BCUT2D eigenvalue weighted by Gasteiger charge is -2.37. The van der Waals surface area contributed by atoms with Crippen LogP contribution in [0.2, 0.25) is 0 Å². The van der Waals surface area contributed by atoms with E-state index in [2.05, 4.69) is 12.2 Å². The Labute approximate surface area is 149 Å². The highest BCUT2D eigenvalue weighted by atomic mass is 16.7. The Morgan fingerprint density at radius 2 is 2.00 bits per heavy atom. The minimum absolute atomic E-state index is 0.0735. The largest absolute Gasteiger partial charge is 0.494 e. The number of hydrogen-bond donors (Lipinski definition) is 1. The van der Waals surface area contributed by atoms with E-state index < -0.39 is 5.79 Å². The van der Waals surface area contributed by atoms with Crippen molar-refractivity contribution in [3.63, 3.8) is 0 Å². The number of aryl methyl sites for hydroxylation is 1. The molecule has 2 fully saturated rings. The maximum absolute atomic E-state index is 12.5. The Bertz CT molecular complexity index is 589. The Morgan fingerprint density at radius 1 is 1.28 bits per heavy atom. The Kier molecular flexibility index (Phi) is 5.81. The Morgan fingerprint density at radius 3 is 2.64 bits per heavy atom. The summed E-state index contributed by atoms with van der Waals surface area (Å²) in [6, 6.07) is 5.71. The van der Waals surface area contributed by atoms with Gasteiger partial charge in [0.1, 0.15) is 5.75 Å². The van der Waals surface area contributed by atoms with Gasteiger partial charge in [0.2, 0.25) is 0 Å². The smallest absolute Gasteiger partial charge is 0.321 e. The van der Waals surface area contributed by atoms with E-state index in [1.54, 1.807) is 0 Å². The van der Waals surface area contributed by atoms with Gasteiger partial charge >= 0.3 is 6.03 Å². The molecular weight excluding hydrogens is 320 g/mol. The number of urea groups is 1. The first-order valence-electron chi connectivity index (χ1n) is 9.19. The summed E-state index contributed by atoms with van der Waals surface area (Å²) in [7, 11) is 0. The second-order valence-electron chi connectivity index (χ2n) is 6.70. The minimum atomic E-state index is -0.454. The summed E-state index contributed by atoms with van der Waals surface area (Å²) in [4.78, 5) is 14.3. The fourth-order valence-corrected chi connectivity index (χ4v) is 3.23. The van der Waals surface area contributed by atoms with Crippen LogP contribution in [0.3, 0.4) is 0 Å². The lowest BCUT2D eigenvalue weighted by atomic mass is 10.0. The highest BCUT2D eigenvalue weighted by molar-refractivity contribution is 5.90. The first-order chi connectivity index (χ1) is 12.1. The van der Waals surface area contributed by atoms with Gasteiger partial charge in [-0.3, -0.25) is 0 Å². The molecule has 0 bridgehead atoms. The molecule has 1 aromatic carbocycles. The van der Waals surface area contributed by atoms with Gasteiger partial charge < -0.3 is 24.4 Å². The van der Waals surface area contributed by atoms with Gasteiger partial charge in [-0.05, 0) is 37.1 Å². The average Bonchev–Trinajstić information content (AvgIpc) is 3.06. The normalized spacial score (nSPS) is 19.2. The molecule has 0 atom stereocenters. The number of hydrogen-bond acceptors (Lipinski definition) is 4. The van der Waals surface area contributed by atoms with Crippen LogP contribution in [0.15, 0.2) is 18.2 Å². The first kappa shape index (κ1) is 18.0. The minimum Gasteiger partial charge on any atom is -0.494 e. The molecule has 0 unspecified atom stereocenters. The summed E-state index contributed by atoms with van der Waals surface area (Å²) in [6.45, 7) is 7.43. The summed E-state index contributed by atoms with van der Waals surface area (Å²) < 4.78 is 17.1. The van der Waals surface area contributed by atoms with Crippen LogP contribution in [0.4, 0.5) is 10.5 Å². The third-order valence-corrected chi connectivity index (χ3v) is 4.83. The number of rotatable bonds is 5. The van der Waals surface area contributed by atoms with Gasteiger partial charge in [0.15, 0.2) is 5.79 Å². The zero-order chi connectivity index (χ0) is 17.7. The molecule has 0 radical (unpaired) electrons. The molecule has 138 valence electrons. The molecule has 0 saturated carbocycles. The second kappa shape index (κ2) is 8.06. The van der Waals surface area contributed by atoms with Gasteiger partial charge in [-0.15, -0.1) is 0 Å². The van der Waals surface area contributed by atoms with Gasteiger partial charge in [-0.2, -0.15) is 0 Å². The maximum atomic E-state index is 12.5. The Balaban J connectivity index is 1.52. The summed E-state index contributed by atoms with van der Waals surface area (Å²) in [6.07, 6.45) is 3.61. The van der Waals surface area contributed by atoms with Crippen LogP contribution in [-0.2, 0) is 9.47 Å². The van der Waals surface area contributed by atoms with E-state index in [0.717, 1.165) is 49.3 Å². The van der Waals surface area contributed by atoms with Gasteiger partial charge in [-0.1, -0.05) is 13.3 Å². The molecule has 1 spiro atoms. The van der Waals surface area contributed by atoms with Crippen molar-refractivity contribution in [3.8, 4) is 5.75 Å². The molecule has 6 nitrogen and oxygen atoms in total. The number of carbonyl (C=O) groups excluding carboxylic acids is 1. The lowest BCUT2D eigenvalue weighted by Crippen LogP contribution is -2.48. The van der Waals surface area contributed by atoms with Crippen LogP contribution in [0.5, 0.6) is 5.75 Å². The highest BCUT2D eigenvalue weighted by Crippen LogP contribution is 2.31. The first-order valence-corrected chi connectivity index (χ1v) is 9.19. The Hall–Kier alpha value is -1.79. The van der Waals surface area contributed by atoms with Crippen LogP contribution < -0.4 is 10.1 Å². The SMILES string of the molecule is CCCCOc1ccc(NC(=O)N2CCC3(CC2)OCCO3)c(C)c1. The van der Waals surface area contributed by atoms with Crippen molar-refractivity contribution in [2.75, 3.05) is 38.2 Å². The molecule has 6 heteroatoms. The second-order valence-corrected chi connectivity index (χ2v) is 6.70. The van der Waals surface area contributed by atoms with E-state index in [1.165, 1.54) is 0 Å². The number of carbonyl (C=O) groups is 1. The number of unbranched alkanes of at least 4 members (excludes halogenated alkanes) is 1. The maximum Gasteiger partial charge on any atom is 0.321 e. The van der Waals surface area contributed by atoms with Crippen molar-refractivity contribution < 1.29 is 19.0 Å². The van der Waals surface area contributed by atoms with E-state index in [4.69, 9.17) is 14.2 Å². The number of likely N-dealkylation sites (tertiary alicyclic amines) is 1. The number of anilines is 1. The summed E-state index contributed by atoms with van der Waals surface area (Å²) in [5, 5.41) is 3.00. The number of piperidine rings is 1. The fourth-order valence-electron chi connectivity index (χ4n) is 3.23. The number of amides is 2. The van der Waals surface area contributed by atoms with Crippen molar-refractivity contribution in [2.45, 2.75) is 45.3 Å². The molecule has 2 saturated heterocycles. The predicted molar refractivity (Wildman–Crippen MR) is 96.0 cm³/mol. The standard InChI is InChI=1S/C19H28N2O4/c1-3-4-11-23-16-5-6-17(15(2)14-16)20-18(22)21-9-7-19(8-10-21)24-12-13-25-19/h5-6,14H,3-4,7-13H2,1-2H3,(H,20,22). The van der Waals surface area contributed by atoms with Gasteiger partial charge in [0.25, 0.3) is 0 Å². The van der Waals surface area contributed by atoms with Crippen LogP contribution in [0.25, 0.3) is 0 Å². The third-order valence-electron chi connectivity index (χ3n) is 4.83. The fraction of sp³-hybridized carbons (Fsp3) is 0.632. The quantitative estimate of drug-likeness (QED) is 0.827. The zero-order valence-corrected chi connectivity index (χ0v) is 15.2. The van der Waals surface area contributed by atoms with Crippen LogP contribution >= 0.6 is 0 Å². The molecule has 2 heterocycles. The van der Waals surface area contributed by atoms with E-state index in [1.807, 2.05) is 30.0 Å². The average molecular weight is 348 g/mol. The summed E-state index contributed by atoms with van der Waals surface area (Å²) >= 11 is 0. The third kappa shape index (κ3) is 4.44. The van der Waals surface area contributed by atoms with Crippen molar-refractivity contribution in [3.05, 3.63) is 23.8 Å². The number of nitrogens with zero attached hydrogens (tertiary/aromatic N) is 1. The zero-order valence-electron chi connectivity index (χ0n) is 15.2. The van der Waals surface area contributed by atoms with Gasteiger partial charge in [0, 0.05) is 31.6 Å². The van der Waals surface area contributed by atoms with Crippen molar-refractivity contribution >= 4 is 11.7 Å². The summed E-state index contributed by atoms with van der Waals surface area (Å²) in [5.74, 6) is 0.392. The van der Waals surface area contributed by atoms with E-state index in [-0.39, 0.29) is 6.03 Å². The van der Waals surface area contributed by atoms with Crippen LogP contribution in [0.1, 0.15) is 38.2 Å². The molecule has 2 aliphatic heterocycles. The van der Waals surface area contributed by atoms with Crippen LogP contribution in [-0.4, -0.2) is 49.6 Å². The molecule has 25 heavy (non-hydrogen) atoms. The molecule has 1 aromatic rings. The number of ether oxygens (including phenoxy) is 3. The predicted octanol–water partition coefficient (Wildman–Crippen LogP) is 3.54. The van der Waals surface area contributed by atoms with Crippen molar-refractivity contribution in [1.82, 2.24) is 4.90 Å². The molecular formula is C19H28N2O4. The molecule has 2 amide bonds. The molecule has 1 N–H and O–H groups in total. The summed E-state index contributed by atoms with van der Waals surface area (Å²) in [5.41, 5.74) is 1.82. The molecule has 0 aromatic heterocycles. The monoisotopic (exact) mass is 348 g/mol. The topological polar surface area (TPSA) is 60.0 Å². The molecule has 0 aliphatic carbocycles. The van der Waals surface area contributed by atoms with Gasteiger partial charge in [-0.25, -0.2) is 4.79 Å². The van der Waals surface area contributed by atoms with E-state index in [0.29, 0.717) is 26.3 Å². The van der Waals surface area contributed by atoms with Crippen molar-refractivity contribution in [2.24, 2.45) is 0 Å². The number of nitrogens with one attached hydrogen (secondary N) is 1. The lowest BCUT2D eigenvalue weighted by molar-refractivity contribution is -0.181. The van der Waals surface area contributed by atoms with E-state index in [9.17, 15) is 4.79 Å². The highest BCUT2D eigenvalue weighted by Gasteiger charge is 2.40. The van der Waals surface area contributed by atoms with Crippen LogP contribution in [0, 0.1) is 6.92 Å². The van der Waals surface area contributed by atoms with Gasteiger partial charge in [0.05, 0.1) is 19.8 Å².